The Morgan fingerprint density at radius 3 is 2.31 bits per heavy atom. The van der Waals surface area contributed by atoms with E-state index in [-0.39, 0.29) is 30.2 Å². The van der Waals surface area contributed by atoms with E-state index < -0.39 is 0 Å². The van der Waals surface area contributed by atoms with E-state index >= 15 is 0 Å². The van der Waals surface area contributed by atoms with Crippen molar-refractivity contribution in [2.75, 3.05) is 33.2 Å². The predicted octanol–water partition coefficient (Wildman–Crippen LogP) is 3.32. The molecule has 4 unspecified atom stereocenters. The lowest BCUT2D eigenvalue weighted by Crippen LogP contribution is -2.45. The molecular weight excluding hydrogens is 372 g/mol. The van der Waals surface area contributed by atoms with Crippen molar-refractivity contribution in [2.45, 2.75) is 45.6 Å². The number of hydrogen-bond donors (Lipinski definition) is 1. The molecule has 7 nitrogen and oxygen atoms in total. The van der Waals surface area contributed by atoms with Gasteiger partial charge in [0.1, 0.15) is 0 Å². The number of likely N-dealkylation sites (tertiary alicyclic amines) is 1. The summed E-state index contributed by atoms with van der Waals surface area (Å²) in [6, 6.07) is 3.63. The molecule has 0 bridgehead atoms. The summed E-state index contributed by atoms with van der Waals surface area (Å²) in [6.45, 7) is 4.97. The number of rotatable bonds is 6. The van der Waals surface area contributed by atoms with Crippen LogP contribution in [-0.4, -0.2) is 50.6 Å². The molecule has 1 saturated heterocycles. The molecule has 1 aliphatic heterocycles. The zero-order valence-corrected chi connectivity index (χ0v) is 18.0. The summed E-state index contributed by atoms with van der Waals surface area (Å²) in [4.78, 5) is 27.5. The average molecular weight is 405 g/mol. The van der Waals surface area contributed by atoms with Gasteiger partial charge in [0.05, 0.1) is 27.2 Å². The maximum atomic E-state index is 12.9. The van der Waals surface area contributed by atoms with Crippen LogP contribution in [0.5, 0.6) is 17.2 Å². The molecule has 7 heteroatoms. The largest absolute Gasteiger partial charge is 0.493 e. The summed E-state index contributed by atoms with van der Waals surface area (Å²) in [6.07, 6.45) is 3.64. The maximum Gasteiger partial charge on any atom is 0.229 e. The van der Waals surface area contributed by atoms with Gasteiger partial charge in [-0.1, -0.05) is 26.7 Å². The lowest BCUT2D eigenvalue weighted by molar-refractivity contribution is -0.131. The van der Waals surface area contributed by atoms with Crippen LogP contribution >= 0.6 is 0 Å². The van der Waals surface area contributed by atoms with Crippen molar-refractivity contribution in [1.29, 1.82) is 0 Å². The number of carbonyl (C=O) groups is 2. The van der Waals surface area contributed by atoms with E-state index in [0.29, 0.717) is 41.3 Å². The van der Waals surface area contributed by atoms with Crippen molar-refractivity contribution in [3.8, 4) is 17.2 Å². The number of benzene rings is 1. The second kappa shape index (κ2) is 8.93. The van der Waals surface area contributed by atoms with Gasteiger partial charge in [-0.3, -0.25) is 9.59 Å². The number of carbonyl (C=O) groups excluding carboxylic acids is 2. The molecule has 1 heterocycles. The number of amides is 2. The molecule has 1 saturated carbocycles. The molecule has 3 rings (SSSR count). The van der Waals surface area contributed by atoms with Crippen molar-refractivity contribution in [2.24, 2.45) is 17.8 Å². The highest BCUT2D eigenvalue weighted by Crippen LogP contribution is 2.40. The first kappa shape index (κ1) is 21.3. The van der Waals surface area contributed by atoms with Crippen LogP contribution in [-0.2, 0) is 9.59 Å². The van der Waals surface area contributed by atoms with Crippen LogP contribution < -0.4 is 19.5 Å². The van der Waals surface area contributed by atoms with Crippen molar-refractivity contribution < 1.29 is 23.8 Å². The van der Waals surface area contributed by atoms with Gasteiger partial charge in [-0.25, -0.2) is 0 Å². The summed E-state index contributed by atoms with van der Waals surface area (Å²) in [5.74, 6) is 2.04. The normalized spacial score (nSPS) is 26.9. The van der Waals surface area contributed by atoms with Gasteiger partial charge in [-0.15, -0.1) is 0 Å². The highest BCUT2D eigenvalue weighted by molar-refractivity contribution is 5.97. The van der Waals surface area contributed by atoms with Crippen LogP contribution in [0.3, 0.4) is 0 Å². The number of hydrogen-bond acceptors (Lipinski definition) is 5. The second-order valence-corrected chi connectivity index (χ2v) is 8.19. The first-order valence-corrected chi connectivity index (χ1v) is 10.3. The molecule has 2 amide bonds. The second-order valence-electron chi connectivity index (χ2n) is 8.19. The Morgan fingerprint density at radius 2 is 1.72 bits per heavy atom. The minimum atomic E-state index is -0.356. The van der Waals surface area contributed by atoms with Crippen molar-refractivity contribution >= 4 is 17.5 Å². The summed E-state index contributed by atoms with van der Waals surface area (Å²) in [5, 5.41) is 2.92. The third-order valence-corrected chi connectivity index (χ3v) is 6.53. The van der Waals surface area contributed by atoms with E-state index in [1.54, 1.807) is 12.1 Å². The fourth-order valence-electron chi connectivity index (χ4n) is 4.62. The SMILES string of the molecule is COc1cc(NC(=O)C2CC(=O)N(C3CCCC(C)C3C)C2)cc(OC)c1OC. The summed E-state index contributed by atoms with van der Waals surface area (Å²) >= 11 is 0. The van der Waals surface area contributed by atoms with Crippen LogP contribution in [0.4, 0.5) is 5.69 Å². The maximum absolute atomic E-state index is 12.9. The number of nitrogens with one attached hydrogen (secondary N) is 1. The van der Waals surface area contributed by atoms with Crippen LogP contribution in [0.15, 0.2) is 12.1 Å². The Morgan fingerprint density at radius 1 is 1.07 bits per heavy atom. The first-order chi connectivity index (χ1) is 13.9. The third-order valence-electron chi connectivity index (χ3n) is 6.53. The number of methoxy groups -OCH3 is 3. The standard InChI is InChI=1S/C22H32N2O5/c1-13-7-6-8-17(14(13)2)24-12-15(9-20(24)25)22(26)23-16-10-18(27-3)21(29-5)19(11-16)28-4/h10-11,13-15,17H,6-9,12H2,1-5H3,(H,23,26). The number of anilines is 1. The van der Waals surface area contributed by atoms with E-state index in [9.17, 15) is 9.59 Å². The van der Waals surface area contributed by atoms with Gasteiger partial charge in [0, 0.05) is 36.8 Å². The molecule has 2 aliphatic rings. The van der Waals surface area contributed by atoms with Gasteiger partial charge in [-0.05, 0) is 18.3 Å². The van der Waals surface area contributed by atoms with Gasteiger partial charge in [-0.2, -0.15) is 0 Å². The van der Waals surface area contributed by atoms with Gasteiger partial charge >= 0.3 is 0 Å². The topological polar surface area (TPSA) is 77.1 Å². The summed E-state index contributed by atoms with van der Waals surface area (Å²) in [5.41, 5.74) is 0.551. The Balaban J connectivity index is 1.71. The van der Waals surface area contributed by atoms with Crippen molar-refractivity contribution in [1.82, 2.24) is 4.90 Å². The third kappa shape index (κ3) is 4.28. The van der Waals surface area contributed by atoms with Crippen LogP contribution in [0.25, 0.3) is 0 Å². The van der Waals surface area contributed by atoms with Crippen LogP contribution in [0.2, 0.25) is 0 Å². The van der Waals surface area contributed by atoms with Crippen LogP contribution in [0, 0.1) is 17.8 Å². The summed E-state index contributed by atoms with van der Waals surface area (Å²) < 4.78 is 16.0. The molecule has 29 heavy (non-hydrogen) atoms. The Bertz CT molecular complexity index is 741. The minimum Gasteiger partial charge on any atom is -0.493 e. The monoisotopic (exact) mass is 404 g/mol. The molecular formula is C22H32N2O5. The number of nitrogens with zero attached hydrogens (tertiary/aromatic N) is 1. The van der Waals surface area contributed by atoms with Gasteiger partial charge in [0.15, 0.2) is 11.5 Å². The first-order valence-electron chi connectivity index (χ1n) is 10.3. The summed E-state index contributed by atoms with van der Waals surface area (Å²) in [7, 11) is 4.59. The molecule has 2 fully saturated rings. The molecule has 1 aliphatic carbocycles. The lowest BCUT2D eigenvalue weighted by Gasteiger charge is -2.40. The van der Waals surface area contributed by atoms with E-state index in [1.165, 1.54) is 27.8 Å². The zero-order valence-electron chi connectivity index (χ0n) is 18.0. The molecule has 1 N–H and O–H groups in total. The Hall–Kier alpha value is -2.44. The quantitative estimate of drug-likeness (QED) is 0.787. The molecule has 4 atom stereocenters. The van der Waals surface area contributed by atoms with Gasteiger partial charge in [0.2, 0.25) is 17.6 Å². The van der Waals surface area contributed by atoms with Crippen molar-refractivity contribution in [3.63, 3.8) is 0 Å². The molecule has 160 valence electrons. The molecule has 1 aromatic carbocycles. The molecule has 0 spiro atoms. The predicted molar refractivity (Wildman–Crippen MR) is 111 cm³/mol. The fraction of sp³-hybridized carbons (Fsp3) is 0.636. The lowest BCUT2D eigenvalue weighted by atomic mass is 9.77. The van der Waals surface area contributed by atoms with Crippen LogP contribution in [0.1, 0.15) is 39.5 Å². The van der Waals surface area contributed by atoms with E-state index in [1.807, 2.05) is 4.90 Å². The fourth-order valence-corrected chi connectivity index (χ4v) is 4.62. The Labute approximate surface area is 172 Å². The van der Waals surface area contributed by atoms with E-state index in [0.717, 1.165) is 12.8 Å². The molecule has 0 aromatic heterocycles. The van der Waals surface area contributed by atoms with Gasteiger partial charge < -0.3 is 24.4 Å². The van der Waals surface area contributed by atoms with E-state index in [4.69, 9.17) is 14.2 Å². The highest BCUT2D eigenvalue weighted by Gasteiger charge is 2.41. The smallest absolute Gasteiger partial charge is 0.229 e. The highest BCUT2D eigenvalue weighted by atomic mass is 16.5. The zero-order chi connectivity index (χ0) is 21.1. The minimum absolute atomic E-state index is 0.0843. The molecule has 0 radical (unpaired) electrons. The number of ether oxygens (including phenoxy) is 3. The molecule has 1 aromatic rings. The Kier molecular flexibility index (Phi) is 6.55. The average Bonchev–Trinajstić information content (AvgIpc) is 3.10. The van der Waals surface area contributed by atoms with Gasteiger partial charge in [0.25, 0.3) is 0 Å². The van der Waals surface area contributed by atoms with E-state index in [2.05, 4.69) is 19.2 Å². The van der Waals surface area contributed by atoms with Crippen molar-refractivity contribution in [3.05, 3.63) is 12.1 Å².